The Balaban J connectivity index is 1.69. The van der Waals surface area contributed by atoms with Gasteiger partial charge in [0.25, 0.3) is 0 Å². The SMILES string of the molecule is CC1(C)CN(CC(O)c2ccccc2)CC2(CCOC2)O1. The number of ether oxygens (including phenoxy) is 2. The number of aliphatic hydroxyl groups is 1. The van der Waals surface area contributed by atoms with Crippen LogP contribution in [0.15, 0.2) is 30.3 Å². The monoisotopic (exact) mass is 291 g/mol. The summed E-state index contributed by atoms with van der Waals surface area (Å²) in [4.78, 5) is 2.32. The zero-order valence-corrected chi connectivity index (χ0v) is 12.9. The maximum Gasteiger partial charge on any atom is 0.107 e. The van der Waals surface area contributed by atoms with Crippen LogP contribution in [0.1, 0.15) is 31.9 Å². The highest BCUT2D eigenvalue weighted by molar-refractivity contribution is 5.17. The van der Waals surface area contributed by atoms with Gasteiger partial charge in [0.2, 0.25) is 0 Å². The normalized spacial score (nSPS) is 30.6. The Morgan fingerprint density at radius 1 is 1.24 bits per heavy atom. The van der Waals surface area contributed by atoms with Gasteiger partial charge in [-0.05, 0) is 19.4 Å². The van der Waals surface area contributed by atoms with Crippen LogP contribution in [0, 0.1) is 0 Å². The molecule has 2 atom stereocenters. The van der Waals surface area contributed by atoms with Gasteiger partial charge >= 0.3 is 0 Å². The van der Waals surface area contributed by atoms with Crippen LogP contribution in [-0.4, -0.2) is 54.1 Å². The van der Waals surface area contributed by atoms with E-state index in [1.165, 1.54) is 0 Å². The molecule has 4 heteroatoms. The summed E-state index contributed by atoms with van der Waals surface area (Å²) in [6, 6.07) is 9.86. The van der Waals surface area contributed by atoms with E-state index in [1.807, 2.05) is 30.3 Å². The van der Waals surface area contributed by atoms with Crippen LogP contribution in [-0.2, 0) is 9.47 Å². The second-order valence-corrected chi connectivity index (χ2v) is 6.94. The molecule has 1 spiro atoms. The number of hydrogen-bond acceptors (Lipinski definition) is 4. The Labute approximate surface area is 126 Å². The Kier molecular flexibility index (Phi) is 4.06. The molecule has 0 bridgehead atoms. The third kappa shape index (κ3) is 3.46. The van der Waals surface area contributed by atoms with Crippen molar-refractivity contribution in [2.75, 3.05) is 32.8 Å². The van der Waals surface area contributed by atoms with Gasteiger partial charge in [0.1, 0.15) is 5.60 Å². The minimum Gasteiger partial charge on any atom is -0.387 e. The van der Waals surface area contributed by atoms with Crippen molar-refractivity contribution in [2.24, 2.45) is 0 Å². The van der Waals surface area contributed by atoms with E-state index >= 15 is 0 Å². The quantitative estimate of drug-likeness (QED) is 0.925. The van der Waals surface area contributed by atoms with E-state index in [0.29, 0.717) is 13.2 Å². The van der Waals surface area contributed by atoms with Crippen LogP contribution in [0.2, 0.25) is 0 Å². The summed E-state index contributed by atoms with van der Waals surface area (Å²) < 4.78 is 11.8. The van der Waals surface area contributed by atoms with Crippen molar-refractivity contribution in [3.05, 3.63) is 35.9 Å². The molecular formula is C17H25NO3. The van der Waals surface area contributed by atoms with Gasteiger partial charge in [-0.25, -0.2) is 0 Å². The lowest BCUT2D eigenvalue weighted by Crippen LogP contribution is -2.60. The average Bonchev–Trinajstić information content (AvgIpc) is 2.85. The predicted molar refractivity (Wildman–Crippen MR) is 81.2 cm³/mol. The molecule has 0 saturated carbocycles. The smallest absolute Gasteiger partial charge is 0.107 e. The van der Waals surface area contributed by atoms with E-state index in [1.54, 1.807) is 0 Å². The molecule has 3 rings (SSSR count). The van der Waals surface area contributed by atoms with Gasteiger partial charge in [-0.2, -0.15) is 0 Å². The van der Waals surface area contributed by atoms with Crippen LogP contribution in [0.5, 0.6) is 0 Å². The number of nitrogens with zero attached hydrogens (tertiary/aromatic N) is 1. The van der Waals surface area contributed by atoms with E-state index in [4.69, 9.17) is 9.47 Å². The zero-order chi connectivity index (χ0) is 14.9. The lowest BCUT2D eigenvalue weighted by Gasteiger charge is -2.48. The van der Waals surface area contributed by atoms with E-state index < -0.39 is 6.10 Å². The van der Waals surface area contributed by atoms with Gasteiger partial charge in [0.05, 0.1) is 18.3 Å². The van der Waals surface area contributed by atoms with Gasteiger partial charge in [0, 0.05) is 32.7 Å². The fraction of sp³-hybridized carbons (Fsp3) is 0.647. The van der Waals surface area contributed by atoms with Gasteiger partial charge in [-0.15, -0.1) is 0 Å². The van der Waals surface area contributed by atoms with Crippen LogP contribution < -0.4 is 0 Å². The van der Waals surface area contributed by atoms with Crippen molar-refractivity contribution in [2.45, 2.75) is 37.6 Å². The summed E-state index contributed by atoms with van der Waals surface area (Å²) in [5, 5.41) is 10.5. The molecule has 116 valence electrons. The van der Waals surface area contributed by atoms with E-state index in [0.717, 1.165) is 31.7 Å². The van der Waals surface area contributed by atoms with E-state index in [2.05, 4.69) is 18.7 Å². The van der Waals surface area contributed by atoms with Crippen molar-refractivity contribution >= 4 is 0 Å². The molecule has 21 heavy (non-hydrogen) atoms. The molecule has 0 radical (unpaired) electrons. The average molecular weight is 291 g/mol. The van der Waals surface area contributed by atoms with E-state index in [9.17, 15) is 5.11 Å². The highest BCUT2D eigenvalue weighted by atomic mass is 16.6. The molecule has 2 heterocycles. The molecule has 2 saturated heterocycles. The van der Waals surface area contributed by atoms with Gasteiger partial charge in [-0.1, -0.05) is 30.3 Å². The number of aliphatic hydroxyl groups excluding tert-OH is 1. The predicted octanol–water partition coefficient (Wildman–Crippen LogP) is 1.99. The lowest BCUT2D eigenvalue weighted by molar-refractivity contribution is -0.198. The first kappa shape index (κ1) is 15.0. The summed E-state index contributed by atoms with van der Waals surface area (Å²) >= 11 is 0. The fourth-order valence-corrected chi connectivity index (χ4v) is 3.60. The molecule has 2 aliphatic heterocycles. The maximum atomic E-state index is 10.5. The zero-order valence-electron chi connectivity index (χ0n) is 12.9. The fourth-order valence-electron chi connectivity index (χ4n) is 3.60. The Bertz CT molecular complexity index is 468. The highest BCUT2D eigenvalue weighted by Gasteiger charge is 2.46. The standard InChI is InChI=1S/C17H25NO3/c1-16(2)11-18(12-17(21-16)8-9-20-13-17)10-15(19)14-6-4-3-5-7-14/h3-7,15,19H,8-13H2,1-2H3. The minimum absolute atomic E-state index is 0.196. The maximum absolute atomic E-state index is 10.5. The van der Waals surface area contributed by atoms with Crippen LogP contribution in [0.4, 0.5) is 0 Å². The first-order chi connectivity index (χ1) is 9.98. The highest BCUT2D eigenvalue weighted by Crippen LogP contribution is 2.35. The molecule has 2 aliphatic rings. The first-order valence-corrected chi connectivity index (χ1v) is 7.71. The minimum atomic E-state index is -0.459. The second-order valence-electron chi connectivity index (χ2n) is 6.94. The third-order valence-electron chi connectivity index (χ3n) is 4.29. The number of hydrogen-bond donors (Lipinski definition) is 1. The molecule has 0 aliphatic carbocycles. The molecule has 1 N–H and O–H groups in total. The molecular weight excluding hydrogens is 266 g/mol. The molecule has 1 aromatic rings. The molecule has 0 amide bonds. The van der Waals surface area contributed by atoms with Crippen LogP contribution in [0.3, 0.4) is 0 Å². The van der Waals surface area contributed by atoms with Crippen molar-refractivity contribution in [1.82, 2.24) is 4.90 Å². The second kappa shape index (κ2) is 5.69. The summed E-state index contributed by atoms with van der Waals surface area (Å²) in [5.41, 5.74) is 0.569. The van der Waals surface area contributed by atoms with Crippen molar-refractivity contribution in [3.8, 4) is 0 Å². The topological polar surface area (TPSA) is 41.9 Å². The Morgan fingerprint density at radius 3 is 2.67 bits per heavy atom. The summed E-state index contributed by atoms with van der Waals surface area (Å²) in [5.74, 6) is 0. The number of β-amino-alcohol motifs (C(OH)–C–C–N with tert-alkyl or cyclic N) is 1. The summed E-state index contributed by atoms with van der Waals surface area (Å²) in [6.07, 6.45) is 0.480. The van der Waals surface area contributed by atoms with Crippen LogP contribution >= 0.6 is 0 Å². The van der Waals surface area contributed by atoms with Crippen molar-refractivity contribution < 1.29 is 14.6 Å². The Morgan fingerprint density at radius 2 is 2.00 bits per heavy atom. The molecule has 2 unspecified atom stereocenters. The lowest BCUT2D eigenvalue weighted by atomic mass is 9.94. The number of benzene rings is 1. The van der Waals surface area contributed by atoms with Crippen molar-refractivity contribution in [3.63, 3.8) is 0 Å². The van der Waals surface area contributed by atoms with Crippen molar-refractivity contribution in [1.29, 1.82) is 0 Å². The number of morpholine rings is 1. The molecule has 2 fully saturated rings. The molecule has 0 aromatic heterocycles. The van der Waals surface area contributed by atoms with Gasteiger partial charge < -0.3 is 14.6 Å². The number of rotatable bonds is 3. The summed E-state index contributed by atoms with van der Waals surface area (Å²) in [7, 11) is 0. The van der Waals surface area contributed by atoms with Gasteiger partial charge in [-0.3, -0.25) is 4.90 Å². The van der Waals surface area contributed by atoms with Gasteiger partial charge in [0.15, 0.2) is 0 Å². The van der Waals surface area contributed by atoms with Crippen LogP contribution in [0.25, 0.3) is 0 Å². The van der Waals surface area contributed by atoms with E-state index in [-0.39, 0.29) is 11.2 Å². The molecule has 1 aromatic carbocycles. The molecule has 4 nitrogen and oxygen atoms in total. The first-order valence-electron chi connectivity index (χ1n) is 7.71. The largest absolute Gasteiger partial charge is 0.387 e. The Hall–Kier alpha value is -0.940. The summed E-state index contributed by atoms with van der Waals surface area (Å²) in [6.45, 7) is 7.97. The third-order valence-corrected chi connectivity index (χ3v) is 4.29.